The van der Waals surface area contributed by atoms with Gasteiger partial charge in [0.1, 0.15) is 5.82 Å². The number of aromatic nitrogens is 2. The number of aryl methyl sites for hydroxylation is 1. The topological polar surface area (TPSA) is 92.1 Å². The lowest BCUT2D eigenvalue weighted by atomic mass is 9.78. The third-order valence-electron chi connectivity index (χ3n) is 6.79. The number of halogens is 1. The van der Waals surface area contributed by atoms with E-state index in [0.29, 0.717) is 18.5 Å². The van der Waals surface area contributed by atoms with Gasteiger partial charge in [-0.2, -0.15) is 0 Å². The van der Waals surface area contributed by atoms with E-state index in [0.717, 1.165) is 59.7 Å². The predicted octanol–water partition coefficient (Wildman–Crippen LogP) is 4.31. The summed E-state index contributed by atoms with van der Waals surface area (Å²) in [6.07, 6.45) is 4.27. The van der Waals surface area contributed by atoms with Crippen molar-refractivity contribution in [2.45, 2.75) is 44.4 Å². The number of rotatable bonds is 3. The van der Waals surface area contributed by atoms with Crippen molar-refractivity contribution in [2.75, 3.05) is 11.4 Å². The van der Waals surface area contributed by atoms with Gasteiger partial charge in [0.15, 0.2) is 0 Å². The fourth-order valence-electron chi connectivity index (χ4n) is 5.15. The molecular formula is C25H27ClN4O2. The Morgan fingerprint density at radius 3 is 2.44 bits per heavy atom. The Kier molecular flexibility index (Phi) is 5.82. The number of nitrogens with two attached hydrogens (primary N) is 1. The van der Waals surface area contributed by atoms with Gasteiger partial charge in [0.05, 0.1) is 16.8 Å². The molecule has 3 aromatic rings. The van der Waals surface area contributed by atoms with E-state index in [4.69, 9.17) is 5.73 Å². The number of nitrogens with one attached hydrogen (secondary N) is 1. The van der Waals surface area contributed by atoms with E-state index in [1.165, 1.54) is 0 Å². The Bertz CT molecular complexity index is 1160. The Morgan fingerprint density at radius 1 is 1.06 bits per heavy atom. The molecule has 2 amide bonds. The van der Waals surface area contributed by atoms with Crippen LogP contribution in [0.25, 0.3) is 11.3 Å². The summed E-state index contributed by atoms with van der Waals surface area (Å²) in [5.41, 5.74) is 10.5. The normalized spacial score (nSPS) is 16.5. The van der Waals surface area contributed by atoms with Gasteiger partial charge in [0.25, 0.3) is 5.91 Å². The number of para-hydroxylation sites is 1. The van der Waals surface area contributed by atoms with Crippen molar-refractivity contribution in [1.29, 1.82) is 0 Å². The molecule has 3 N–H and O–H groups in total. The molecule has 2 aromatic carbocycles. The number of carbonyl (C=O) groups excluding carboxylic acids is 2. The molecule has 2 aliphatic rings. The SMILES string of the molecule is Cc1nc2c([nH]1)CCN(C(=O)c1ccc(C3(C(N)=O)CCCC3)cc1)c1ccccc1-2.Cl. The summed E-state index contributed by atoms with van der Waals surface area (Å²) >= 11 is 0. The van der Waals surface area contributed by atoms with Crippen LogP contribution in [0.3, 0.4) is 0 Å². The van der Waals surface area contributed by atoms with E-state index in [-0.39, 0.29) is 24.2 Å². The summed E-state index contributed by atoms with van der Waals surface area (Å²) < 4.78 is 0. The van der Waals surface area contributed by atoms with Gasteiger partial charge in [0, 0.05) is 29.8 Å². The average molecular weight is 451 g/mol. The third-order valence-corrected chi connectivity index (χ3v) is 6.79. The van der Waals surface area contributed by atoms with Crippen molar-refractivity contribution < 1.29 is 9.59 Å². The highest BCUT2D eigenvalue weighted by Gasteiger charge is 2.41. The molecule has 1 aromatic heterocycles. The zero-order chi connectivity index (χ0) is 21.6. The first-order valence-electron chi connectivity index (χ1n) is 10.9. The van der Waals surface area contributed by atoms with Crippen LogP contribution in [-0.4, -0.2) is 28.3 Å². The average Bonchev–Trinajstić information content (AvgIpc) is 3.39. The zero-order valence-corrected chi connectivity index (χ0v) is 18.9. The molecule has 5 rings (SSSR count). The van der Waals surface area contributed by atoms with Crippen molar-refractivity contribution in [2.24, 2.45) is 5.73 Å². The molecular weight excluding hydrogens is 424 g/mol. The summed E-state index contributed by atoms with van der Waals surface area (Å²) in [4.78, 5) is 35.5. The Labute approximate surface area is 193 Å². The van der Waals surface area contributed by atoms with Gasteiger partial charge in [-0.1, -0.05) is 43.2 Å². The summed E-state index contributed by atoms with van der Waals surface area (Å²) in [5, 5.41) is 0. The Morgan fingerprint density at radius 2 is 1.75 bits per heavy atom. The van der Waals surface area contributed by atoms with Gasteiger partial charge < -0.3 is 15.6 Å². The van der Waals surface area contributed by atoms with Gasteiger partial charge in [0.2, 0.25) is 5.91 Å². The number of hydrogen-bond donors (Lipinski definition) is 2. The minimum absolute atomic E-state index is 0. The zero-order valence-electron chi connectivity index (χ0n) is 18.1. The number of hydrogen-bond acceptors (Lipinski definition) is 3. The number of anilines is 1. The van der Waals surface area contributed by atoms with E-state index in [2.05, 4.69) is 9.97 Å². The second-order valence-corrected chi connectivity index (χ2v) is 8.60. The van der Waals surface area contributed by atoms with Crippen LogP contribution in [0.5, 0.6) is 0 Å². The molecule has 0 spiro atoms. The first kappa shape index (κ1) is 22.1. The highest BCUT2D eigenvalue weighted by atomic mass is 35.5. The maximum absolute atomic E-state index is 13.5. The van der Waals surface area contributed by atoms with Gasteiger partial charge in [-0.3, -0.25) is 9.59 Å². The number of nitrogens with zero attached hydrogens (tertiary/aromatic N) is 2. The van der Waals surface area contributed by atoms with Crippen LogP contribution in [0.4, 0.5) is 5.69 Å². The molecule has 7 heteroatoms. The smallest absolute Gasteiger partial charge is 0.258 e. The van der Waals surface area contributed by atoms with Crippen LogP contribution in [0.2, 0.25) is 0 Å². The van der Waals surface area contributed by atoms with Crippen molar-refractivity contribution in [3.8, 4) is 11.3 Å². The van der Waals surface area contributed by atoms with E-state index >= 15 is 0 Å². The standard InChI is InChI=1S/C25H26N4O2.ClH/c1-16-27-20-12-15-29(21-7-3-2-6-19(21)22(20)28-16)23(30)17-8-10-18(11-9-17)25(24(26)31)13-4-5-14-25;/h2-3,6-11H,4-5,12-15H2,1H3,(H2,26,31)(H,27,28);1H. The molecule has 2 heterocycles. The lowest BCUT2D eigenvalue weighted by Gasteiger charge is -2.26. The largest absolute Gasteiger partial charge is 0.369 e. The van der Waals surface area contributed by atoms with E-state index < -0.39 is 5.41 Å². The minimum Gasteiger partial charge on any atom is -0.369 e. The maximum Gasteiger partial charge on any atom is 0.258 e. The molecule has 0 saturated heterocycles. The number of primary amides is 1. The fraction of sp³-hybridized carbons (Fsp3) is 0.320. The molecule has 166 valence electrons. The van der Waals surface area contributed by atoms with E-state index in [9.17, 15) is 9.59 Å². The number of benzene rings is 2. The lowest BCUT2D eigenvalue weighted by Crippen LogP contribution is -2.38. The lowest BCUT2D eigenvalue weighted by molar-refractivity contribution is -0.123. The molecule has 0 unspecified atom stereocenters. The Hall–Kier alpha value is -3.12. The molecule has 0 radical (unpaired) electrons. The monoisotopic (exact) mass is 450 g/mol. The van der Waals surface area contributed by atoms with Crippen LogP contribution in [0, 0.1) is 6.92 Å². The number of carbonyl (C=O) groups is 2. The summed E-state index contributed by atoms with van der Waals surface area (Å²) in [7, 11) is 0. The molecule has 0 atom stereocenters. The van der Waals surface area contributed by atoms with Crippen LogP contribution in [0.1, 0.15) is 53.1 Å². The summed E-state index contributed by atoms with van der Waals surface area (Å²) in [5.74, 6) is 0.556. The minimum atomic E-state index is -0.594. The highest BCUT2D eigenvalue weighted by Crippen LogP contribution is 2.41. The van der Waals surface area contributed by atoms with Crippen molar-refractivity contribution >= 4 is 29.9 Å². The van der Waals surface area contributed by atoms with Gasteiger partial charge in [-0.05, 0) is 43.5 Å². The number of H-pyrrole nitrogens is 1. The van der Waals surface area contributed by atoms with Crippen LogP contribution in [0.15, 0.2) is 48.5 Å². The Balaban J connectivity index is 0.00000245. The van der Waals surface area contributed by atoms with E-state index in [1.54, 1.807) is 0 Å². The summed E-state index contributed by atoms with van der Waals surface area (Å²) in [6, 6.07) is 15.4. The van der Waals surface area contributed by atoms with Crippen LogP contribution < -0.4 is 10.6 Å². The first-order valence-corrected chi connectivity index (χ1v) is 10.9. The predicted molar refractivity (Wildman–Crippen MR) is 127 cm³/mol. The number of fused-ring (bicyclic) bond motifs is 3. The van der Waals surface area contributed by atoms with Crippen LogP contribution >= 0.6 is 12.4 Å². The van der Waals surface area contributed by atoms with Gasteiger partial charge in [-0.15, -0.1) is 12.4 Å². The van der Waals surface area contributed by atoms with Gasteiger partial charge >= 0.3 is 0 Å². The molecule has 32 heavy (non-hydrogen) atoms. The quantitative estimate of drug-likeness (QED) is 0.622. The fourth-order valence-corrected chi connectivity index (χ4v) is 5.15. The molecule has 1 aliphatic carbocycles. The van der Waals surface area contributed by atoms with Crippen molar-refractivity contribution in [3.05, 3.63) is 71.2 Å². The second kappa shape index (κ2) is 8.43. The van der Waals surface area contributed by atoms with Crippen LogP contribution in [-0.2, 0) is 16.6 Å². The maximum atomic E-state index is 13.5. The number of amides is 2. The molecule has 1 aliphatic heterocycles. The number of aromatic amines is 1. The van der Waals surface area contributed by atoms with E-state index in [1.807, 2.05) is 60.4 Å². The molecule has 1 saturated carbocycles. The number of imidazole rings is 1. The van der Waals surface area contributed by atoms with Crippen molar-refractivity contribution in [3.63, 3.8) is 0 Å². The molecule has 0 bridgehead atoms. The molecule has 1 fully saturated rings. The molecule has 6 nitrogen and oxygen atoms in total. The third kappa shape index (κ3) is 3.48. The summed E-state index contributed by atoms with van der Waals surface area (Å²) in [6.45, 7) is 2.52. The highest BCUT2D eigenvalue weighted by molar-refractivity contribution is 6.08. The second-order valence-electron chi connectivity index (χ2n) is 8.60. The van der Waals surface area contributed by atoms with Gasteiger partial charge in [-0.25, -0.2) is 4.98 Å². The first-order chi connectivity index (χ1) is 15.0. The van der Waals surface area contributed by atoms with Crippen molar-refractivity contribution in [1.82, 2.24) is 9.97 Å².